The molecule has 1 amide bonds. The van der Waals surface area contributed by atoms with Crippen molar-refractivity contribution >= 4 is 34.3 Å². The number of hydrogen-bond donors (Lipinski definition) is 1. The van der Waals surface area contributed by atoms with Crippen molar-refractivity contribution in [1.29, 1.82) is 0 Å². The van der Waals surface area contributed by atoms with Crippen LogP contribution in [-0.2, 0) is 4.79 Å². The molecule has 0 aliphatic carbocycles. The van der Waals surface area contributed by atoms with E-state index in [9.17, 15) is 9.59 Å². The maximum atomic E-state index is 13.3. The van der Waals surface area contributed by atoms with Gasteiger partial charge in [-0.1, -0.05) is 73.6 Å². The van der Waals surface area contributed by atoms with Crippen LogP contribution in [0.4, 0.5) is 5.69 Å². The number of aryl methyl sites for hydroxylation is 1. The van der Waals surface area contributed by atoms with Crippen LogP contribution in [0.5, 0.6) is 0 Å². The fourth-order valence-electron chi connectivity index (χ4n) is 3.56. The average molecular weight is 444 g/mol. The van der Waals surface area contributed by atoms with Gasteiger partial charge in [0.05, 0.1) is 22.3 Å². The third-order valence-electron chi connectivity index (χ3n) is 5.23. The number of carbonyl (C=O) groups is 1. The predicted molar refractivity (Wildman–Crippen MR) is 132 cm³/mol. The number of carbonyl (C=O) groups excluding carboxylic acids is 1. The Hall–Kier alpha value is -3.38. The topological polar surface area (TPSA) is 64.0 Å². The molecule has 1 N–H and O–H groups in total. The molecule has 0 fully saturated rings. The van der Waals surface area contributed by atoms with Crippen LogP contribution in [-0.4, -0.2) is 21.2 Å². The van der Waals surface area contributed by atoms with Gasteiger partial charge in [0.25, 0.3) is 5.56 Å². The molecule has 0 spiro atoms. The number of hydrogen-bond acceptors (Lipinski definition) is 4. The number of anilines is 1. The first kappa shape index (κ1) is 21.8. The van der Waals surface area contributed by atoms with Crippen LogP contribution in [0.3, 0.4) is 0 Å². The normalized spacial score (nSPS) is 11.1. The van der Waals surface area contributed by atoms with Crippen molar-refractivity contribution in [3.05, 3.63) is 94.3 Å². The molecule has 4 aromatic rings. The number of nitrogens with one attached hydrogen (secondary N) is 1. The van der Waals surface area contributed by atoms with Gasteiger partial charge in [0.15, 0.2) is 5.16 Å². The number of amides is 1. The Labute approximate surface area is 191 Å². The lowest BCUT2D eigenvalue weighted by Gasteiger charge is -2.15. The third-order valence-corrected chi connectivity index (χ3v) is 6.16. The van der Waals surface area contributed by atoms with E-state index in [0.717, 1.165) is 22.5 Å². The van der Waals surface area contributed by atoms with E-state index in [-0.39, 0.29) is 17.2 Å². The third kappa shape index (κ3) is 4.60. The van der Waals surface area contributed by atoms with Gasteiger partial charge in [-0.15, -0.1) is 0 Å². The molecule has 0 saturated heterocycles. The maximum absolute atomic E-state index is 13.3. The van der Waals surface area contributed by atoms with Crippen molar-refractivity contribution in [2.75, 3.05) is 11.1 Å². The molecule has 0 atom stereocenters. The smallest absolute Gasteiger partial charge is 0.266 e. The highest BCUT2D eigenvalue weighted by Gasteiger charge is 2.16. The Balaban J connectivity index is 1.65. The average Bonchev–Trinajstić information content (AvgIpc) is 2.79. The zero-order valence-corrected chi connectivity index (χ0v) is 19.1. The first-order valence-electron chi connectivity index (χ1n) is 10.5. The molecule has 6 heteroatoms. The van der Waals surface area contributed by atoms with Crippen molar-refractivity contribution in [3.63, 3.8) is 0 Å². The summed E-state index contributed by atoms with van der Waals surface area (Å²) in [5.41, 5.74) is 4.21. The van der Waals surface area contributed by atoms with Crippen LogP contribution in [0, 0.1) is 6.92 Å². The lowest BCUT2D eigenvalue weighted by atomic mass is 10.0. The molecule has 0 aliphatic rings. The second kappa shape index (κ2) is 9.40. The number of nitrogens with zero attached hydrogens (tertiary/aromatic N) is 2. The van der Waals surface area contributed by atoms with E-state index in [2.05, 4.69) is 19.2 Å². The highest BCUT2D eigenvalue weighted by Crippen LogP contribution is 2.25. The van der Waals surface area contributed by atoms with Gasteiger partial charge in [-0.05, 0) is 48.7 Å². The van der Waals surface area contributed by atoms with Gasteiger partial charge in [-0.2, -0.15) is 0 Å². The second-order valence-corrected chi connectivity index (χ2v) is 8.91. The summed E-state index contributed by atoms with van der Waals surface area (Å²) in [6.07, 6.45) is 0. The molecule has 162 valence electrons. The number of fused-ring (bicyclic) bond motifs is 1. The van der Waals surface area contributed by atoms with Crippen molar-refractivity contribution in [2.45, 2.75) is 31.8 Å². The quantitative estimate of drug-likeness (QED) is 0.314. The van der Waals surface area contributed by atoms with Gasteiger partial charge in [0.1, 0.15) is 0 Å². The molecule has 3 aromatic carbocycles. The fraction of sp³-hybridized carbons (Fsp3) is 0.192. The molecular formula is C26H25N3O2S. The molecule has 0 aliphatic heterocycles. The van der Waals surface area contributed by atoms with Crippen molar-refractivity contribution in [1.82, 2.24) is 9.55 Å². The summed E-state index contributed by atoms with van der Waals surface area (Å²) >= 11 is 1.26. The van der Waals surface area contributed by atoms with Crippen molar-refractivity contribution < 1.29 is 4.79 Å². The summed E-state index contributed by atoms with van der Waals surface area (Å²) in [6, 6.07) is 22.8. The van der Waals surface area contributed by atoms with Gasteiger partial charge in [0.2, 0.25) is 5.91 Å². The Morgan fingerprint density at radius 1 is 1.00 bits per heavy atom. The van der Waals surface area contributed by atoms with Gasteiger partial charge in [-0.25, -0.2) is 4.98 Å². The van der Waals surface area contributed by atoms with Crippen molar-refractivity contribution in [3.8, 4) is 5.69 Å². The number of aromatic nitrogens is 2. The Morgan fingerprint density at radius 3 is 2.44 bits per heavy atom. The minimum atomic E-state index is -0.146. The highest BCUT2D eigenvalue weighted by molar-refractivity contribution is 7.99. The van der Waals surface area contributed by atoms with Crippen LogP contribution in [0.25, 0.3) is 16.6 Å². The van der Waals surface area contributed by atoms with E-state index >= 15 is 0 Å². The molecule has 0 bridgehead atoms. The molecule has 0 radical (unpaired) electrons. The van der Waals surface area contributed by atoms with E-state index in [0.29, 0.717) is 22.0 Å². The first-order valence-corrected chi connectivity index (χ1v) is 11.5. The van der Waals surface area contributed by atoms with E-state index in [4.69, 9.17) is 4.98 Å². The highest BCUT2D eigenvalue weighted by atomic mass is 32.2. The minimum absolute atomic E-state index is 0.138. The Bertz CT molecular complexity index is 1330. The largest absolute Gasteiger partial charge is 0.325 e. The molecule has 32 heavy (non-hydrogen) atoms. The Morgan fingerprint density at radius 2 is 1.69 bits per heavy atom. The van der Waals surface area contributed by atoms with Gasteiger partial charge in [0, 0.05) is 5.69 Å². The van der Waals surface area contributed by atoms with Gasteiger partial charge >= 0.3 is 0 Å². The van der Waals surface area contributed by atoms with E-state index in [1.54, 1.807) is 10.6 Å². The Kier molecular flexibility index (Phi) is 6.42. The molecule has 0 unspecified atom stereocenters. The van der Waals surface area contributed by atoms with E-state index in [1.165, 1.54) is 11.8 Å². The molecule has 4 rings (SSSR count). The summed E-state index contributed by atoms with van der Waals surface area (Å²) in [5.74, 6) is 0.303. The molecule has 1 heterocycles. The fourth-order valence-corrected chi connectivity index (χ4v) is 4.37. The number of para-hydroxylation sites is 2. The lowest BCUT2D eigenvalue weighted by Crippen LogP contribution is -2.23. The molecule has 1 aromatic heterocycles. The summed E-state index contributed by atoms with van der Waals surface area (Å²) in [4.78, 5) is 30.8. The number of rotatable bonds is 6. The van der Waals surface area contributed by atoms with Crippen LogP contribution in [0.15, 0.2) is 82.7 Å². The van der Waals surface area contributed by atoms with Crippen LogP contribution in [0.2, 0.25) is 0 Å². The lowest BCUT2D eigenvalue weighted by molar-refractivity contribution is -0.113. The number of thioether (sulfide) groups is 1. The predicted octanol–water partition coefficient (Wildman–Crippen LogP) is 5.55. The standard InChI is InChI=1S/C26H25N3O2S/c1-17(2)20-8-4-6-10-22(20)27-24(30)16-32-26-28-23-11-7-5-9-21(23)25(31)29(26)19-14-12-18(3)13-15-19/h4-15,17H,16H2,1-3H3,(H,27,30). The van der Waals surface area contributed by atoms with E-state index in [1.807, 2.05) is 73.7 Å². The SMILES string of the molecule is Cc1ccc(-n2c(SCC(=O)Nc3ccccc3C(C)C)nc3ccccc3c2=O)cc1. The number of benzene rings is 3. The van der Waals surface area contributed by atoms with Crippen LogP contribution >= 0.6 is 11.8 Å². The van der Waals surface area contributed by atoms with E-state index < -0.39 is 0 Å². The summed E-state index contributed by atoms with van der Waals surface area (Å²) < 4.78 is 1.59. The zero-order chi connectivity index (χ0) is 22.7. The van der Waals surface area contributed by atoms with Gasteiger partial charge < -0.3 is 5.32 Å². The molecule has 5 nitrogen and oxygen atoms in total. The maximum Gasteiger partial charge on any atom is 0.266 e. The monoisotopic (exact) mass is 443 g/mol. The minimum Gasteiger partial charge on any atom is -0.325 e. The molecular weight excluding hydrogens is 418 g/mol. The summed E-state index contributed by atoms with van der Waals surface area (Å²) in [6.45, 7) is 6.19. The first-order chi connectivity index (χ1) is 15.4. The van der Waals surface area contributed by atoms with Crippen LogP contribution < -0.4 is 10.9 Å². The van der Waals surface area contributed by atoms with Crippen molar-refractivity contribution in [2.24, 2.45) is 0 Å². The molecule has 0 saturated carbocycles. The summed E-state index contributed by atoms with van der Waals surface area (Å²) in [5, 5.41) is 4.05. The van der Waals surface area contributed by atoms with Gasteiger partial charge in [-0.3, -0.25) is 14.2 Å². The van der Waals surface area contributed by atoms with Crippen LogP contribution in [0.1, 0.15) is 30.9 Å². The summed E-state index contributed by atoms with van der Waals surface area (Å²) in [7, 11) is 0. The second-order valence-electron chi connectivity index (χ2n) is 7.97. The zero-order valence-electron chi connectivity index (χ0n) is 18.3.